The van der Waals surface area contributed by atoms with Crippen LogP contribution < -0.4 is 5.32 Å². The highest BCUT2D eigenvalue weighted by atomic mass is 32.1. The number of aryl methyl sites for hydroxylation is 2. The van der Waals surface area contributed by atoms with Crippen molar-refractivity contribution < 1.29 is 0 Å². The van der Waals surface area contributed by atoms with Crippen molar-refractivity contribution in [3.05, 3.63) is 21.4 Å². The van der Waals surface area contributed by atoms with Gasteiger partial charge in [-0.1, -0.05) is 26.2 Å². The zero-order chi connectivity index (χ0) is 11.3. The van der Waals surface area contributed by atoms with E-state index >= 15 is 0 Å². The molecule has 0 aliphatic heterocycles. The average Bonchev–Trinajstić information content (AvgIpc) is 2.54. The third kappa shape index (κ3) is 3.62. The summed E-state index contributed by atoms with van der Waals surface area (Å²) < 4.78 is 0. The third-order valence-corrected chi connectivity index (χ3v) is 4.24. The van der Waals surface area contributed by atoms with Crippen LogP contribution in [0.1, 0.15) is 54.0 Å². The van der Waals surface area contributed by atoms with Crippen molar-refractivity contribution in [2.45, 2.75) is 52.5 Å². The molecule has 1 aromatic heterocycles. The molecule has 1 unspecified atom stereocenters. The lowest BCUT2D eigenvalue weighted by molar-refractivity contribution is 0.518. The van der Waals surface area contributed by atoms with Gasteiger partial charge < -0.3 is 5.32 Å². The summed E-state index contributed by atoms with van der Waals surface area (Å²) in [6, 6.07) is 2.90. The summed E-state index contributed by atoms with van der Waals surface area (Å²) in [6.45, 7) is 6.67. The Morgan fingerprint density at radius 3 is 2.53 bits per heavy atom. The Hall–Kier alpha value is -0.340. The fraction of sp³-hybridized carbons (Fsp3) is 0.692. The normalized spacial score (nSPS) is 13.1. The Morgan fingerprint density at radius 2 is 2.07 bits per heavy atom. The lowest BCUT2D eigenvalue weighted by Crippen LogP contribution is -2.14. The molecule has 0 aliphatic rings. The first-order chi connectivity index (χ1) is 7.19. The van der Waals surface area contributed by atoms with Crippen molar-refractivity contribution >= 4 is 11.3 Å². The molecule has 1 aromatic rings. The van der Waals surface area contributed by atoms with Crippen LogP contribution in [0.2, 0.25) is 0 Å². The number of thiophene rings is 1. The molecule has 0 aliphatic carbocycles. The maximum Gasteiger partial charge on any atom is 0.0412 e. The van der Waals surface area contributed by atoms with E-state index in [1.165, 1.54) is 41.0 Å². The highest BCUT2D eigenvalue weighted by molar-refractivity contribution is 7.12. The van der Waals surface area contributed by atoms with Gasteiger partial charge >= 0.3 is 0 Å². The Kier molecular flexibility index (Phi) is 5.34. The van der Waals surface area contributed by atoms with E-state index in [2.05, 4.69) is 39.2 Å². The molecule has 0 bridgehead atoms. The van der Waals surface area contributed by atoms with Crippen LogP contribution in [-0.4, -0.2) is 7.05 Å². The van der Waals surface area contributed by atoms with E-state index in [1.54, 1.807) is 0 Å². The molecule has 1 nitrogen and oxygen atoms in total. The lowest BCUT2D eigenvalue weighted by atomic mass is 10.1. The second-order valence-corrected chi connectivity index (χ2v) is 5.51. The second kappa shape index (κ2) is 6.29. The summed E-state index contributed by atoms with van der Waals surface area (Å²) in [7, 11) is 2.07. The van der Waals surface area contributed by atoms with Crippen molar-refractivity contribution in [1.29, 1.82) is 0 Å². The molecule has 0 saturated carbocycles. The summed E-state index contributed by atoms with van der Waals surface area (Å²) in [5, 5.41) is 3.43. The minimum atomic E-state index is 0.564. The van der Waals surface area contributed by atoms with Gasteiger partial charge in [0.1, 0.15) is 0 Å². The van der Waals surface area contributed by atoms with Crippen LogP contribution >= 0.6 is 11.3 Å². The standard InChI is InChI=1S/C13H23NS/c1-5-6-7-8-12(14-4)13-9-10(2)11(3)15-13/h9,12,14H,5-8H2,1-4H3. The molecule has 0 spiro atoms. The highest BCUT2D eigenvalue weighted by Gasteiger charge is 2.12. The largest absolute Gasteiger partial charge is 0.312 e. The maximum absolute atomic E-state index is 3.43. The van der Waals surface area contributed by atoms with Gasteiger partial charge in [0, 0.05) is 15.8 Å². The lowest BCUT2D eigenvalue weighted by Gasteiger charge is -2.13. The first kappa shape index (κ1) is 12.7. The Morgan fingerprint density at radius 1 is 1.33 bits per heavy atom. The van der Waals surface area contributed by atoms with Gasteiger partial charge in [-0.15, -0.1) is 11.3 Å². The van der Waals surface area contributed by atoms with Gasteiger partial charge in [-0.3, -0.25) is 0 Å². The van der Waals surface area contributed by atoms with E-state index in [-0.39, 0.29) is 0 Å². The molecular formula is C13H23NS. The van der Waals surface area contributed by atoms with E-state index in [9.17, 15) is 0 Å². The minimum absolute atomic E-state index is 0.564. The molecule has 15 heavy (non-hydrogen) atoms. The van der Waals surface area contributed by atoms with Gasteiger partial charge in [-0.25, -0.2) is 0 Å². The summed E-state index contributed by atoms with van der Waals surface area (Å²) in [6.07, 6.45) is 5.25. The van der Waals surface area contributed by atoms with Crippen LogP contribution in [0.25, 0.3) is 0 Å². The molecule has 0 saturated heterocycles. The summed E-state index contributed by atoms with van der Waals surface area (Å²) in [5.41, 5.74) is 1.44. The minimum Gasteiger partial charge on any atom is -0.312 e. The molecule has 1 atom stereocenters. The maximum atomic E-state index is 3.43. The summed E-state index contributed by atoms with van der Waals surface area (Å²) in [5.74, 6) is 0. The van der Waals surface area contributed by atoms with Gasteiger partial charge in [0.25, 0.3) is 0 Å². The second-order valence-electron chi connectivity index (χ2n) is 4.23. The summed E-state index contributed by atoms with van der Waals surface area (Å²) in [4.78, 5) is 2.96. The van der Waals surface area contributed by atoms with Crippen LogP contribution in [0.3, 0.4) is 0 Å². The van der Waals surface area contributed by atoms with E-state index in [0.717, 1.165) is 0 Å². The number of unbranched alkanes of at least 4 members (excludes halogenated alkanes) is 2. The van der Waals surface area contributed by atoms with Crippen LogP contribution in [-0.2, 0) is 0 Å². The third-order valence-electron chi connectivity index (χ3n) is 2.97. The first-order valence-corrected chi connectivity index (χ1v) is 6.74. The Bertz CT molecular complexity index is 271. The number of rotatable bonds is 6. The van der Waals surface area contributed by atoms with Crippen LogP contribution in [0.15, 0.2) is 6.07 Å². The zero-order valence-corrected chi connectivity index (χ0v) is 11.2. The molecule has 0 amide bonds. The number of hydrogen-bond acceptors (Lipinski definition) is 2. The van der Waals surface area contributed by atoms with Crippen molar-refractivity contribution in [2.24, 2.45) is 0 Å². The fourth-order valence-electron chi connectivity index (χ4n) is 1.80. The van der Waals surface area contributed by atoms with Crippen LogP contribution in [0, 0.1) is 13.8 Å². The van der Waals surface area contributed by atoms with Crippen LogP contribution in [0.4, 0.5) is 0 Å². The zero-order valence-electron chi connectivity index (χ0n) is 10.4. The average molecular weight is 225 g/mol. The van der Waals surface area contributed by atoms with E-state index in [4.69, 9.17) is 0 Å². The molecule has 1 rings (SSSR count). The van der Waals surface area contributed by atoms with Crippen molar-refractivity contribution in [2.75, 3.05) is 7.05 Å². The van der Waals surface area contributed by atoms with Gasteiger partial charge in [0.15, 0.2) is 0 Å². The first-order valence-electron chi connectivity index (χ1n) is 5.93. The fourth-order valence-corrected chi connectivity index (χ4v) is 2.99. The topological polar surface area (TPSA) is 12.0 Å². The number of nitrogens with one attached hydrogen (secondary N) is 1. The molecule has 1 heterocycles. The van der Waals surface area contributed by atoms with E-state index in [1.807, 2.05) is 11.3 Å². The molecule has 2 heteroatoms. The summed E-state index contributed by atoms with van der Waals surface area (Å²) >= 11 is 1.94. The van der Waals surface area contributed by atoms with Crippen LogP contribution in [0.5, 0.6) is 0 Å². The monoisotopic (exact) mass is 225 g/mol. The molecular weight excluding hydrogens is 202 g/mol. The predicted molar refractivity (Wildman–Crippen MR) is 69.7 cm³/mol. The smallest absolute Gasteiger partial charge is 0.0412 e. The van der Waals surface area contributed by atoms with E-state index < -0.39 is 0 Å². The Balaban J connectivity index is 2.57. The molecule has 0 radical (unpaired) electrons. The molecule has 0 fully saturated rings. The highest BCUT2D eigenvalue weighted by Crippen LogP contribution is 2.29. The van der Waals surface area contributed by atoms with Gasteiger partial charge in [-0.2, -0.15) is 0 Å². The van der Waals surface area contributed by atoms with Crippen molar-refractivity contribution in [3.63, 3.8) is 0 Å². The van der Waals surface area contributed by atoms with Gasteiger partial charge in [-0.05, 0) is 38.9 Å². The van der Waals surface area contributed by atoms with Gasteiger partial charge in [0.2, 0.25) is 0 Å². The van der Waals surface area contributed by atoms with Crippen molar-refractivity contribution in [3.8, 4) is 0 Å². The molecule has 0 aromatic carbocycles. The quantitative estimate of drug-likeness (QED) is 0.715. The SMILES string of the molecule is CCCCCC(NC)c1cc(C)c(C)s1. The predicted octanol–water partition coefficient (Wildman–Crippen LogP) is 4.21. The molecule has 1 N–H and O–H groups in total. The number of hydrogen-bond donors (Lipinski definition) is 1. The van der Waals surface area contributed by atoms with Gasteiger partial charge in [0.05, 0.1) is 0 Å². The molecule has 86 valence electrons. The Labute approximate surface area is 97.9 Å². The van der Waals surface area contributed by atoms with E-state index in [0.29, 0.717) is 6.04 Å². The van der Waals surface area contributed by atoms with Crippen molar-refractivity contribution in [1.82, 2.24) is 5.32 Å².